The predicted octanol–water partition coefficient (Wildman–Crippen LogP) is 3.69. The molecule has 0 amide bonds. The predicted molar refractivity (Wildman–Crippen MR) is 119 cm³/mol. The number of rotatable bonds is 6. The number of ketones is 1. The summed E-state index contributed by atoms with van der Waals surface area (Å²) in [7, 11) is 0. The molecule has 1 saturated heterocycles. The molecule has 9 heteroatoms. The number of pyridine rings is 1. The second-order valence-corrected chi connectivity index (χ2v) is 7.66. The Kier molecular flexibility index (Phi) is 6.60. The normalized spacial score (nSPS) is 14.4. The summed E-state index contributed by atoms with van der Waals surface area (Å²) in [6, 6.07) is 6.24. The molecule has 0 spiro atoms. The number of nitrogens with one attached hydrogen (secondary N) is 1. The van der Waals surface area contributed by atoms with Crippen LogP contribution in [0.3, 0.4) is 0 Å². The van der Waals surface area contributed by atoms with Crippen molar-refractivity contribution in [2.45, 2.75) is 6.54 Å². The van der Waals surface area contributed by atoms with Crippen molar-refractivity contribution in [2.24, 2.45) is 0 Å². The van der Waals surface area contributed by atoms with Crippen molar-refractivity contribution in [3.63, 3.8) is 0 Å². The number of anilines is 1. The van der Waals surface area contributed by atoms with E-state index < -0.39 is 35.3 Å². The maximum atomic E-state index is 15.5. The minimum absolute atomic E-state index is 0.244. The molecule has 0 aliphatic carbocycles. The van der Waals surface area contributed by atoms with Gasteiger partial charge in [0.05, 0.1) is 23.0 Å². The van der Waals surface area contributed by atoms with Crippen LogP contribution in [-0.2, 0) is 6.54 Å². The van der Waals surface area contributed by atoms with Gasteiger partial charge in [0.2, 0.25) is 5.43 Å². The molecule has 0 radical (unpaired) electrons. The number of fused-ring (bicyclic) bond motifs is 1. The molecule has 3 aromatic rings. The molecule has 0 atom stereocenters. The number of hydrogen-bond donors (Lipinski definition) is 1. The average molecular weight is 459 g/mol. The third-order valence-electron chi connectivity index (χ3n) is 5.55. The molecule has 4 rings (SSSR count). The maximum Gasteiger partial charge on any atom is 0.200 e. The fraction of sp³-hybridized carbons (Fsp3) is 0.250. The van der Waals surface area contributed by atoms with E-state index in [1.54, 1.807) is 0 Å². The molecule has 2 heterocycles. The highest BCUT2D eigenvalue weighted by Gasteiger charge is 2.25. The van der Waals surface area contributed by atoms with Crippen LogP contribution >= 0.6 is 0 Å². The Labute approximate surface area is 186 Å². The van der Waals surface area contributed by atoms with E-state index in [-0.39, 0.29) is 28.7 Å². The molecule has 0 unspecified atom stereocenters. The number of hydrogen-bond acceptors (Lipinski definition) is 4. The third-order valence-corrected chi connectivity index (χ3v) is 5.55. The number of aryl methyl sites for hydroxylation is 1. The van der Waals surface area contributed by atoms with E-state index in [4.69, 9.17) is 0 Å². The topological polar surface area (TPSA) is 54.3 Å². The molecule has 5 nitrogen and oxygen atoms in total. The van der Waals surface area contributed by atoms with Crippen molar-refractivity contribution < 1.29 is 22.4 Å². The Balaban J connectivity index is 1.82. The Morgan fingerprint density at radius 2 is 1.79 bits per heavy atom. The van der Waals surface area contributed by atoms with Crippen LogP contribution in [0, 0.1) is 17.5 Å². The number of halogens is 4. The summed E-state index contributed by atoms with van der Waals surface area (Å²) in [5.74, 6) is -3.03. The van der Waals surface area contributed by atoms with Crippen LogP contribution in [-0.4, -0.2) is 43.2 Å². The van der Waals surface area contributed by atoms with Crippen molar-refractivity contribution in [1.82, 2.24) is 9.88 Å². The largest absolute Gasteiger partial charge is 0.364 e. The van der Waals surface area contributed by atoms with Gasteiger partial charge in [-0.05, 0) is 29.8 Å². The zero-order chi connectivity index (χ0) is 23.5. The summed E-state index contributed by atoms with van der Waals surface area (Å²) in [6.45, 7) is 0.637. The lowest BCUT2D eigenvalue weighted by Crippen LogP contribution is -2.44. The van der Waals surface area contributed by atoms with Crippen LogP contribution in [0.5, 0.6) is 0 Å². The fourth-order valence-electron chi connectivity index (χ4n) is 3.93. The molecule has 33 heavy (non-hydrogen) atoms. The van der Waals surface area contributed by atoms with Gasteiger partial charge in [0.25, 0.3) is 0 Å². The average Bonchev–Trinajstić information content (AvgIpc) is 2.81. The highest BCUT2D eigenvalue weighted by atomic mass is 19.1. The number of carbonyl (C=O) groups excluding carboxylic acids is 1. The summed E-state index contributed by atoms with van der Waals surface area (Å²) >= 11 is 0. The van der Waals surface area contributed by atoms with E-state index in [2.05, 4.69) is 5.32 Å². The molecule has 172 valence electrons. The van der Waals surface area contributed by atoms with Crippen molar-refractivity contribution >= 4 is 28.4 Å². The number of nitrogens with zero attached hydrogens (tertiary/aromatic N) is 2. The SMILES string of the molecule is O=C(C=Cc1ccc(F)cc1)c1cn(CCF)c2c(F)c(N3CCNCC3)c(F)cc2c1=O. The van der Waals surface area contributed by atoms with Crippen LogP contribution < -0.4 is 15.6 Å². The quantitative estimate of drug-likeness (QED) is 0.347. The van der Waals surface area contributed by atoms with E-state index >= 15 is 4.39 Å². The summed E-state index contributed by atoms with van der Waals surface area (Å²) < 4.78 is 57.9. The fourth-order valence-corrected chi connectivity index (χ4v) is 3.93. The number of carbonyl (C=O) groups is 1. The zero-order valence-corrected chi connectivity index (χ0v) is 17.6. The Morgan fingerprint density at radius 1 is 1.09 bits per heavy atom. The van der Waals surface area contributed by atoms with E-state index in [1.165, 1.54) is 35.2 Å². The third kappa shape index (κ3) is 4.54. The first kappa shape index (κ1) is 22.7. The van der Waals surface area contributed by atoms with Crippen molar-refractivity contribution in [1.29, 1.82) is 0 Å². The van der Waals surface area contributed by atoms with Gasteiger partial charge >= 0.3 is 0 Å². The lowest BCUT2D eigenvalue weighted by atomic mass is 10.0. The summed E-state index contributed by atoms with van der Waals surface area (Å²) in [4.78, 5) is 27.3. The minimum Gasteiger partial charge on any atom is -0.364 e. The molecule has 1 N–H and O–H groups in total. The van der Waals surface area contributed by atoms with Crippen molar-refractivity contribution in [2.75, 3.05) is 37.8 Å². The summed E-state index contributed by atoms with van der Waals surface area (Å²) in [6.07, 6.45) is 3.60. The number of alkyl halides is 1. The Hall–Kier alpha value is -3.46. The van der Waals surface area contributed by atoms with Gasteiger partial charge < -0.3 is 14.8 Å². The molecule has 2 aromatic carbocycles. The lowest BCUT2D eigenvalue weighted by molar-refractivity contribution is 0.104. The van der Waals surface area contributed by atoms with E-state index in [0.717, 1.165) is 22.9 Å². The molecular formula is C24H21F4N3O2. The number of allylic oxidation sites excluding steroid dienone is 1. The summed E-state index contributed by atoms with van der Waals surface area (Å²) in [5, 5.41) is 2.76. The maximum absolute atomic E-state index is 15.5. The molecule has 1 fully saturated rings. The van der Waals surface area contributed by atoms with Gasteiger partial charge in [-0.25, -0.2) is 17.6 Å². The standard InChI is InChI=1S/C24H21F4N3O2/c25-7-10-31-14-18(20(32)6-3-15-1-4-16(26)5-2-15)24(33)17-13-19(27)23(21(28)22(17)31)30-11-8-29-9-12-30/h1-6,13-14,29H,7-12H2. The van der Waals surface area contributed by atoms with Gasteiger partial charge in [0, 0.05) is 32.4 Å². The molecule has 1 aromatic heterocycles. The van der Waals surface area contributed by atoms with Gasteiger partial charge in [-0.3, -0.25) is 9.59 Å². The van der Waals surface area contributed by atoms with Crippen LogP contribution in [0.4, 0.5) is 23.2 Å². The second kappa shape index (κ2) is 9.58. The molecule has 1 aliphatic rings. The van der Waals surface area contributed by atoms with Crippen LogP contribution in [0.25, 0.3) is 17.0 Å². The monoisotopic (exact) mass is 459 g/mol. The van der Waals surface area contributed by atoms with Crippen molar-refractivity contribution in [3.8, 4) is 0 Å². The summed E-state index contributed by atoms with van der Waals surface area (Å²) in [5.41, 5.74) is -1.19. The van der Waals surface area contributed by atoms with Gasteiger partial charge in [-0.2, -0.15) is 0 Å². The first-order valence-corrected chi connectivity index (χ1v) is 10.5. The minimum atomic E-state index is -0.960. The van der Waals surface area contributed by atoms with E-state index in [1.807, 2.05) is 0 Å². The molecule has 0 saturated carbocycles. The highest BCUT2D eigenvalue weighted by molar-refractivity contribution is 6.08. The van der Waals surface area contributed by atoms with E-state index in [9.17, 15) is 22.8 Å². The number of piperazine rings is 1. The smallest absolute Gasteiger partial charge is 0.200 e. The van der Waals surface area contributed by atoms with Gasteiger partial charge in [-0.1, -0.05) is 18.2 Å². The zero-order valence-electron chi connectivity index (χ0n) is 17.6. The van der Waals surface area contributed by atoms with Gasteiger partial charge in [0.1, 0.15) is 24.0 Å². The van der Waals surface area contributed by atoms with Crippen LogP contribution in [0.15, 0.2) is 47.4 Å². The lowest BCUT2D eigenvalue weighted by Gasteiger charge is -2.30. The molecule has 1 aliphatic heterocycles. The van der Waals surface area contributed by atoms with Gasteiger partial charge in [-0.15, -0.1) is 0 Å². The molecular weight excluding hydrogens is 438 g/mol. The Morgan fingerprint density at radius 3 is 2.45 bits per heavy atom. The van der Waals surface area contributed by atoms with Gasteiger partial charge in [0.15, 0.2) is 11.6 Å². The van der Waals surface area contributed by atoms with Crippen LogP contribution in [0.1, 0.15) is 15.9 Å². The molecule has 0 bridgehead atoms. The van der Waals surface area contributed by atoms with Crippen molar-refractivity contribution in [3.05, 3.63) is 81.4 Å². The first-order chi connectivity index (χ1) is 15.9. The first-order valence-electron chi connectivity index (χ1n) is 10.5. The highest BCUT2D eigenvalue weighted by Crippen LogP contribution is 2.30. The second-order valence-electron chi connectivity index (χ2n) is 7.66. The number of benzene rings is 2. The van der Waals surface area contributed by atoms with E-state index in [0.29, 0.717) is 31.7 Å². The van der Waals surface area contributed by atoms with Crippen LogP contribution in [0.2, 0.25) is 0 Å². The number of aromatic nitrogens is 1. The Bertz CT molecular complexity index is 1280.